The number of hydrogen-bond donors (Lipinski definition) is 1. The Labute approximate surface area is 134 Å². The molecule has 0 aromatic heterocycles. The molecule has 0 aliphatic rings. The van der Waals surface area contributed by atoms with E-state index >= 15 is 0 Å². The summed E-state index contributed by atoms with van der Waals surface area (Å²) in [4.78, 5) is 2.16. The van der Waals surface area contributed by atoms with Gasteiger partial charge in [0.2, 0.25) is 0 Å². The number of nitrogens with zero attached hydrogens (tertiary/aromatic N) is 1. The van der Waals surface area contributed by atoms with Crippen LogP contribution in [0.3, 0.4) is 0 Å². The zero-order valence-electron chi connectivity index (χ0n) is 12.5. The van der Waals surface area contributed by atoms with Gasteiger partial charge in [0, 0.05) is 23.8 Å². The fraction of sp³-hybridized carbons (Fsp3) is 0.294. The second-order valence-corrected chi connectivity index (χ2v) is 5.94. The molecule has 21 heavy (non-hydrogen) atoms. The predicted molar refractivity (Wildman–Crippen MR) is 89.9 cm³/mol. The quantitative estimate of drug-likeness (QED) is 0.880. The molecule has 0 spiro atoms. The van der Waals surface area contributed by atoms with E-state index in [0.29, 0.717) is 0 Å². The molecule has 2 aromatic rings. The minimum absolute atomic E-state index is 0.475. The average molecular weight is 350 g/mol. The number of methoxy groups -OCH3 is 1. The summed E-state index contributed by atoms with van der Waals surface area (Å²) in [7, 11) is 3.72. The third kappa shape index (κ3) is 3.99. The summed E-state index contributed by atoms with van der Waals surface area (Å²) in [6.45, 7) is 2.55. The van der Waals surface area contributed by atoms with Crippen LogP contribution in [0.5, 0.6) is 5.75 Å². The molecule has 1 atom stereocenters. The Balaban J connectivity index is 2.16. The Kier molecular flexibility index (Phi) is 5.26. The Morgan fingerprint density at radius 3 is 2.62 bits per heavy atom. The molecule has 0 heterocycles. The molecule has 2 aromatic carbocycles. The van der Waals surface area contributed by atoms with Gasteiger partial charge in [0.05, 0.1) is 13.2 Å². The van der Waals surface area contributed by atoms with Crippen LogP contribution < -0.4 is 9.64 Å². The second kappa shape index (κ2) is 6.96. The molecule has 0 bridgehead atoms. The highest BCUT2D eigenvalue weighted by Gasteiger charge is 2.09. The highest BCUT2D eigenvalue weighted by molar-refractivity contribution is 9.10. The zero-order chi connectivity index (χ0) is 15.4. The Morgan fingerprint density at radius 1 is 1.24 bits per heavy atom. The normalized spacial score (nSPS) is 12.0. The van der Waals surface area contributed by atoms with Crippen molar-refractivity contribution in [2.45, 2.75) is 19.6 Å². The number of aliphatic hydroxyl groups is 1. The van der Waals surface area contributed by atoms with E-state index in [-0.39, 0.29) is 0 Å². The minimum atomic E-state index is -0.475. The maximum absolute atomic E-state index is 9.67. The van der Waals surface area contributed by atoms with E-state index < -0.39 is 6.10 Å². The van der Waals surface area contributed by atoms with Crippen LogP contribution in [0.4, 0.5) is 5.69 Å². The van der Waals surface area contributed by atoms with Crippen LogP contribution in [0.1, 0.15) is 24.2 Å². The lowest BCUT2D eigenvalue weighted by atomic mass is 10.1. The molecule has 2 rings (SSSR count). The van der Waals surface area contributed by atoms with Gasteiger partial charge in [-0.05, 0) is 42.3 Å². The standard InChI is InChI=1S/C17H20BrNO2/c1-12(20)16-8-7-14(10-17(16)18)19(2)11-13-5-4-6-15(9-13)21-3/h4-10,12,20H,11H2,1-3H3. The molecule has 0 aliphatic heterocycles. The van der Waals surface area contributed by atoms with Crippen LogP contribution in [0.2, 0.25) is 0 Å². The molecule has 0 saturated heterocycles. The van der Waals surface area contributed by atoms with Crippen molar-refractivity contribution in [3.63, 3.8) is 0 Å². The average Bonchev–Trinajstić information content (AvgIpc) is 2.46. The SMILES string of the molecule is COc1cccc(CN(C)c2ccc(C(C)O)c(Br)c2)c1. The minimum Gasteiger partial charge on any atom is -0.497 e. The van der Waals surface area contributed by atoms with Gasteiger partial charge < -0.3 is 14.7 Å². The molecule has 0 aliphatic carbocycles. The zero-order valence-corrected chi connectivity index (χ0v) is 14.1. The maximum atomic E-state index is 9.67. The van der Waals surface area contributed by atoms with E-state index in [2.05, 4.69) is 26.9 Å². The van der Waals surface area contributed by atoms with E-state index in [4.69, 9.17) is 4.74 Å². The molecule has 0 radical (unpaired) electrons. The van der Waals surface area contributed by atoms with E-state index in [1.54, 1.807) is 14.0 Å². The lowest BCUT2D eigenvalue weighted by molar-refractivity contribution is 0.198. The molecule has 1 unspecified atom stereocenters. The molecule has 4 heteroatoms. The molecule has 0 saturated carbocycles. The number of aliphatic hydroxyl groups excluding tert-OH is 1. The van der Waals surface area contributed by atoms with Crippen LogP contribution >= 0.6 is 15.9 Å². The van der Waals surface area contributed by atoms with Crippen LogP contribution in [-0.2, 0) is 6.54 Å². The summed E-state index contributed by atoms with van der Waals surface area (Å²) < 4.78 is 6.17. The molecule has 3 nitrogen and oxygen atoms in total. The van der Waals surface area contributed by atoms with Crippen molar-refractivity contribution in [3.8, 4) is 5.75 Å². The first-order chi connectivity index (χ1) is 10.0. The fourth-order valence-corrected chi connectivity index (χ4v) is 2.93. The van der Waals surface area contributed by atoms with Crippen molar-refractivity contribution in [1.29, 1.82) is 0 Å². The first-order valence-electron chi connectivity index (χ1n) is 6.83. The van der Waals surface area contributed by atoms with Gasteiger partial charge in [0.1, 0.15) is 5.75 Å². The smallest absolute Gasteiger partial charge is 0.119 e. The first-order valence-corrected chi connectivity index (χ1v) is 7.62. The van der Waals surface area contributed by atoms with Crippen molar-refractivity contribution in [2.75, 3.05) is 19.1 Å². The van der Waals surface area contributed by atoms with Gasteiger partial charge >= 0.3 is 0 Å². The maximum Gasteiger partial charge on any atom is 0.119 e. The third-order valence-electron chi connectivity index (χ3n) is 3.43. The summed E-state index contributed by atoms with van der Waals surface area (Å²) in [5.74, 6) is 0.867. The number of benzene rings is 2. The van der Waals surface area contributed by atoms with Gasteiger partial charge in [0.25, 0.3) is 0 Å². The highest BCUT2D eigenvalue weighted by atomic mass is 79.9. The van der Waals surface area contributed by atoms with Gasteiger partial charge in [-0.1, -0.05) is 34.1 Å². The lowest BCUT2D eigenvalue weighted by Crippen LogP contribution is -2.16. The summed E-state index contributed by atoms with van der Waals surface area (Å²) in [6.07, 6.45) is -0.475. The number of rotatable bonds is 5. The van der Waals surface area contributed by atoms with Gasteiger partial charge in [-0.3, -0.25) is 0 Å². The summed E-state index contributed by atoms with van der Waals surface area (Å²) >= 11 is 3.52. The first kappa shape index (κ1) is 15.9. The predicted octanol–water partition coefficient (Wildman–Crippen LogP) is 4.15. The molecule has 1 N–H and O–H groups in total. The van der Waals surface area contributed by atoms with Crippen molar-refractivity contribution in [1.82, 2.24) is 0 Å². The van der Waals surface area contributed by atoms with E-state index in [0.717, 1.165) is 28.0 Å². The topological polar surface area (TPSA) is 32.7 Å². The lowest BCUT2D eigenvalue weighted by Gasteiger charge is -2.21. The molecular formula is C17H20BrNO2. The van der Waals surface area contributed by atoms with E-state index in [9.17, 15) is 5.11 Å². The van der Waals surface area contributed by atoms with Gasteiger partial charge in [-0.15, -0.1) is 0 Å². The summed E-state index contributed by atoms with van der Waals surface area (Å²) in [5, 5.41) is 9.67. The fourth-order valence-electron chi connectivity index (χ4n) is 2.23. The van der Waals surface area contributed by atoms with Gasteiger partial charge in [-0.2, -0.15) is 0 Å². The third-order valence-corrected chi connectivity index (χ3v) is 4.12. The monoisotopic (exact) mass is 349 g/mol. The Bertz CT molecular complexity index is 613. The highest BCUT2D eigenvalue weighted by Crippen LogP contribution is 2.28. The number of halogens is 1. The number of ether oxygens (including phenoxy) is 1. The molecular weight excluding hydrogens is 330 g/mol. The van der Waals surface area contributed by atoms with Crippen LogP contribution in [0.15, 0.2) is 46.9 Å². The number of anilines is 1. The summed E-state index contributed by atoms with van der Waals surface area (Å²) in [5.41, 5.74) is 3.18. The van der Waals surface area contributed by atoms with Crippen molar-refractivity contribution >= 4 is 21.6 Å². The van der Waals surface area contributed by atoms with Gasteiger partial charge in [0.15, 0.2) is 0 Å². The molecule has 0 fully saturated rings. The Hall–Kier alpha value is -1.52. The largest absolute Gasteiger partial charge is 0.497 e. The summed E-state index contributed by atoms with van der Waals surface area (Å²) in [6, 6.07) is 14.1. The van der Waals surface area contributed by atoms with Crippen LogP contribution in [0.25, 0.3) is 0 Å². The number of hydrogen-bond acceptors (Lipinski definition) is 3. The van der Waals surface area contributed by atoms with E-state index in [1.807, 2.05) is 43.4 Å². The van der Waals surface area contributed by atoms with E-state index in [1.165, 1.54) is 5.56 Å². The van der Waals surface area contributed by atoms with Crippen LogP contribution in [-0.4, -0.2) is 19.3 Å². The van der Waals surface area contributed by atoms with Crippen LogP contribution in [0, 0.1) is 0 Å². The van der Waals surface area contributed by atoms with Gasteiger partial charge in [-0.25, -0.2) is 0 Å². The molecule has 112 valence electrons. The van der Waals surface area contributed by atoms with Crippen molar-refractivity contribution < 1.29 is 9.84 Å². The Morgan fingerprint density at radius 2 is 2.00 bits per heavy atom. The second-order valence-electron chi connectivity index (χ2n) is 5.09. The molecule has 0 amide bonds. The van der Waals surface area contributed by atoms with Crippen molar-refractivity contribution in [2.24, 2.45) is 0 Å². The van der Waals surface area contributed by atoms with Crippen molar-refractivity contribution in [3.05, 3.63) is 58.1 Å².